The van der Waals surface area contributed by atoms with Crippen LogP contribution in [0.1, 0.15) is 38.5 Å². The number of ether oxygens (including phenoxy) is 1. The second-order valence-electron chi connectivity index (χ2n) is 5.79. The zero-order chi connectivity index (χ0) is 13.9. The predicted octanol–water partition coefficient (Wildman–Crippen LogP) is 1.47. The van der Waals surface area contributed by atoms with E-state index in [4.69, 9.17) is 0 Å². The summed E-state index contributed by atoms with van der Waals surface area (Å²) in [6.45, 7) is 0.923. The molecule has 6 heteroatoms. The summed E-state index contributed by atoms with van der Waals surface area (Å²) < 4.78 is 30.6. The third kappa shape index (κ3) is 3.42. The van der Waals surface area contributed by atoms with Gasteiger partial charge in [0.15, 0.2) is 0 Å². The molecule has 1 atom stereocenters. The molecule has 0 aromatic rings. The van der Waals surface area contributed by atoms with E-state index in [-0.39, 0.29) is 18.6 Å². The zero-order valence-corrected chi connectivity index (χ0v) is 11.0. The Kier molecular flexibility index (Phi) is 4.40. The van der Waals surface area contributed by atoms with Crippen LogP contribution in [0.5, 0.6) is 0 Å². The maximum absolute atomic E-state index is 13.0. The van der Waals surface area contributed by atoms with E-state index in [0.717, 1.165) is 25.7 Å². The van der Waals surface area contributed by atoms with E-state index in [1.807, 2.05) is 0 Å². The molecule has 0 aromatic carbocycles. The van der Waals surface area contributed by atoms with Crippen molar-refractivity contribution >= 4 is 5.97 Å². The topological polar surface area (TPSA) is 58.6 Å². The summed E-state index contributed by atoms with van der Waals surface area (Å²) in [7, 11) is 0. The van der Waals surface area contributed by atoms with Crippen molar-refractivity contribution in [3.05, 3.63) is 0 Å². The van der Waals surface area contributed by atoms with E-state index >= 15 is 0 Å². The molecule has 1 saturated heterocycles. The molecular formula is C13H21F2NO3. The normalized spacial score (nSPS) is 29.2. The second kappa shape index (κ2) is 5.71. The number of hydrogen-bond acceptors (Lipinski definition) is 4. The van der Waals surface area contributed by atoms with Crippen LogP contribution in [0.4, 0.5) is 8.78 Å². The van der Waals surface area contributed by atoms with Crippen LogP contribution < -0.4 is 5.32 Å². The van der Waals surface area contributed by atoms with Crippen LogP contribution in [-0.4, -0.2) is 42.8 Å². The molecule has 19 heavy (non-hydrogen) atoms. The largest absolute Gasteiger partial charge is 0.456 e. The van der Waals surface area contributed by atoms with Gasteiger partial charge >= 0.3 is 11.9 Å². The molecule has 2 aliphatic rings. The molecule has 2 fully saturated rings. The van der Waals surface area contributed by atoms with E-state index in [0.29, 0.717) is 6.54 Å². The summed E-state index contributed by atoms with van der Waals surface area (Å²) in [5.74, 6) is -4.76. The van der Waals surface area contributed by atoms with E-state index in [2.05, 4.69) is 10.1 Å². The first-order valence-corrected chi connectivity index (χ1v) is 6.88. The summed E-state index contributed by atoms with van der Waals surface area (Å²) in [4.78, 5) is 10.9. The molecule has 1 unspecified atom stereocenters. The molecule has 110 valence electrons. The highest BCUT2D eigenvalue weighted by atomic mass is 19.3. The molecule has 2 rings (SSSR count). The highest BCUT2D eigenvalue weighted by Gasteiger charge is 2.50. The fourth-order valence-electron chi connectivity index (χ4n) is 2.95. The number of esters is 1. The second-order valence-corrected chi connectivity index (χ2v) is 5.79. The van der Waals surface area contributed by atoms with Gasteiger partial charge in [0, 0.05) is 25.1 Å². The molecule has 0 radical (unpaired) electrons. The molecule has 4 nitrogen and oxygen atoms in total. The number of cyclic esters (lactones) is 1. The van der Waals surface area contributed by atoms with Crippen LogP contribution >= 0.6 is 0 Å². The van der Waals surface area contributed by atoms with Gasteiger partial charge in [0.1, 0.15) is 6.10 Å². The lowest BCUT2D eigenvalue weighted by Gasteiger charge is -2.36. The van der Waals surface area contributed by atoms with Crippen LogP contribution in [0.25, 0.3) is 0 Å². The number of halogens is 2. The Morgan fingerprint density at radius 3 is 2.53 bits per heavy atom. The lowest BCUT2D eigenvalue weighted by Crippen LogP contribution is -2.41. The van der Waals surface area contributed by atoms with Crippen molar-refractivity contribution in [2.75, 3.05) is 19.7 Å². The molecule has 0 aromatic heterocycles. The highest BCUT2D eigenvalue weighted by Crippen LogP contribution is 2.35. The standard InChI is InChI=1S/C13H21F2NO3/c14-13(15)6-10(19-11(13)18)7-16-8-12(9-17)4-2-1-3-5-12/h10,16-17H,1-9H2. The average Bonchev–Trinajstić information content (AvgIpc) is 2.64. The van der Waals surface area contributed by atoms with Gasteiger partial charge in [-0.15, -0.1) is 0 Å². The van der Waals surface area contributed by atoms with Gasteiger partial charge in [-0.1, -0.05) is 19.3 Å². The van der Waals surface area contributed by atoms with E-state index in [1.54, 1.807) is 0 Å². The first kappa shape index (κ1) is 14.7. The minimum absolute atomic E-state index is 0.112. The molecule has 0 amide bonds. The number of carbonyl (C=O) groups excluding carboxylic acids is 1. The number of aliphatic hydroxyl groups excluding tert-OH is 1. The number of nitrogens with one attached hydrogen (secondary N) is 1. The summed E-state index contributed by atoms with van der Waals surface area (Å²) in [5, 5.41) is 12.6. The first-order chi connectivity index (χ1) is 8.97. The molecule has 1 aliphatic carbocycles. The van der Waals surface area contributed by atoms with Gasteiger partial charge < -0.3 is 15.2 Å². The third-order valence-corrected chi connectivity index (χ3v) is 4.18. The Morgan fingerprint density at radius 1 is 1.32 bits per heavy atom. The summed E-state index contributed by atoms with van der Waals surface area (Å²) in [6, 6.07) is 0. The molecular weight excluding hydrogens is 256 g/mol. The van der Waals surface area contributed by atoms with Gasteiger partial charge in [-0.25, -0.2) is 4.79 Å². The lowest BCUT2D eigenvalue weighted by molar-refractivity contribution is -0.159. The SMILES string of the molecule is O=C1OC(CNCC2(CO)CCCCC2)CC1(F)F. The highest BCUT2D eigenvalue weighted by molar-refractivity contribution is 5.79. The Morgan fingerprint density at radius 2 is 2.00 bits per heavy atom. The predicted molar refractivity (Wildman–Crippen MR) is 64.9 cm³/mol. The van der Waals surface area contributed by atoms with Crippen molar-refractivity contribution in [1.82, 2.24) is 5.32 Å². The fraction of sp³-hybridized carbons (Fsp3) is 0.923. The minimum Gasteiger partial charge on any atom is -0.456 e. The molecule has 1 aliphatic heterocycles. The van der Waals surface area contributed by atoms with Crippen molar-refractivity contribution in [1.29, 1.82) is 0 Å². The van der Waals surface area contributed by atoms with Crippen molar-refractivity contribution in [3.63, 3.8) is 0 Å². The van der Waals surface area contributed by atoms with Crippen molar-refractivity contribution in [2.24, 2.45) is 5.41 Å². The smallest absolute Gasteiger partial charge is 0.377 e. The number of hydrogen-bond donors (Lipinski definition) is 2. The third-order valence-electron chi connectivity index (χ3n) is 4.18. The Bertz CT molecular complexity index is 330. The Hall–Kier alpha value is -0.750. The Labute approximate surface area is 111 Å². The van der Waals surface area contributed by atoms with Gasteiger partial charge in [-0.2, -0.15) is 8.78 Å². The van der Waals surface area contributed by atoms with Crippen LogP contribution in [-0.2, 0) is 9.53 Å². The van der Waals surface area contributed by atoms with Crippen LogP contribution in [0, 0.1) is 5.41 Å². The molecule has 2 N–H and O–H groups in total. The minimum atomic E-state index is -3.34. The van der Waals surface area contributed by atoms with Gasteiger partial charge in [0.05, 0.1) is 6.42 Å². The van der Waals surface area contributed by atoms with E-state index in [1.165, 1.54) is 6.42 Å². The maximum atomic E-state index is 13.0. The number of carbonyl (C=O) groups is 1. The average molecular weight is 277 g/mol. The number of alkyl halides is 2. The van der Waals surface area contributed by atoms with Gasteiger partial charge in [-0.3, -0.25) is 0 Å². The van der Waals surface area contributed by atoms with Crippen molar-refractivity contribution in [3.8, 4) is 0 Å². The van der Waals surface area contributed by atoms with Gasteiger partial charge in [-0.05, 0) is 12.8 Å². The first-order valence-electron chi connectivity index (χ1n) is 6.88. The van der Waals surface area contributed by atoms with E-state index in [9.17, 15) is 18.7 Å². The molecule has 1 heterocycles. The number of rotatable bonds is 5. The quantitative estimate of drug-likeness (QED) is 0.747. The fourth-order valence-corrected chi connectivity index (χ4v) is 2.95. The van der Waals surface area contributed by atoms with Gasteiger partial charge in [0.25, 0.3) is 0 Å². The van der Waals surface area contributed by atoms with Crippen molar-refractivity contribution < 1.29 is 23.4 Å². The van der Waals surface area contributed by atoms with Crippen LogP contribution in [0.15, 0.2) is 0 Å². The van der Waals surface area contributed by atoms with Gasteiger partial charge in [0.2, 0.25) is 0 Å². The molecule has 1 saturated carbocycles. The van der Waals surface area contributed by atoms with Crippen molar-refractivity contribution in [2.45, 2.75) is 50.6 Å². The Balaban J connectivity index is 1.76. The van der Waals surface area contributed by atoms with E-state index < -0.39 is 24.4 Å². The number of aliphatic hydroxyl groups is 1. The zero-order valence-electron chi connectivity index (χ0n) is 11.0. The maximum Gasteiger partial charge on any atom is 0.377 e. The summed E-state index contributed by atoms with van der Waals surface area (Å²) in [6.07, 6.45) is 3.98. The molecule has 0 bridgehead atoms. The van der Waals surface area contributed by atoms with Crippen LogP contribution in [0.2, 0.25) is 0 Å². The lowest BCUT2D eigenvalue weighted by atomic mass is 9.74. The summed E-state index contributed by atoms with van der Waals surface area (Å²) >= 11 is 0. The summed E-state index contributed by atoms with van der Waals surface area (Å²) in [5.41, 5.74) is -0.136. The monoisotopic (exact) mass is 277 g/mol. The molecule has 0 spiro atoms. The van der Waals surface area contributed by atoms with Crippen LogP contribution in [0.3, 0.4) is 0 Å².